The molecule has 1 heterocycles. The van der Waals surface area contributed by atoms with E-state index < -0.39 is 43.3 Å². The van der Waals surface area contributed by atoms with Crippen molar-refractivity contribution in [1.82, 2.24) is 4.98 Å². The molecule has 0 saturated heterocycles. The molecule has 0 aliphatic rings. The highest BCUT2D eigenvalue weighted by Gasteiger charge is 2.36. The van der Waals surface area contributed by atoms with E-state index in [1.165, 1.54) is 24.4 Å². The number of nitrogen functional groups attached to an aromatic ring is 1. The number of hydrogen-bond acceptors (Lipinski definition) is 4. The third-order valence-electron chi connectivity index (χ3n) is 3.92. The van der Waals surface area contributed by atoms with Crippen molar-refractivity contribution in [3.63, 3.8) is 0 Å². The molecule has 0 bridgehead atoms. The summed E-state index contributed by atoms with van der Waals surface area (Å²) in [4.78, 5) is 25.5. The van der Waals surface area contributed by atoms with Crippen LogP contribution < -0.4 is 5.73 Å². The first-order valence-corrected chi connectivity index (χ1v) is 9.90. The van der Waals surface area contributed by atoms with E-state index in [-0.39, 0.29) is 17.8 Å². The number of rotatable bonds is 7. The van der Waals surface area contributed by atoms with Crippen LogP contribution in [0.5, 0.6) is 0 Å². The lowest BCUT2D eigenvalue weighted by atomic mass is 10.0. The number of carboxylic acids is 1. The number of aromatic nitrogens is 1. The molecule has 10 heteroatoms. The normalized spacial score (nSPS) is 15.1. The maximum atomic E-state index is 13.1. The Hall–Kier alpha value is -2.38. The van der Waals surface area contributed by atoms with Crippen molar-refractivity contribution in [2.75, 3.05) is 11.9 Å². The van der Waals surface area contributed by atoms with E-state index >= 15 is 0 Å². The van der Waals surface area contributed by atoms with Crippen LogP contribution in [-0.2, 0) is 28.1 Å². The average Bonchev–Trinajstić information content (AvgIpc) is 2.55. The van der Waals surface area contributed by atoms with Crippen molar-refractivity contribution in [3.05, 3.63) is 59.3 Å². The van der Waals surface area contributed by atoms with Gasteiger partial charge < -0.3 is 15.7 Å². The second kappa shape index (κ2) is 8.10. The summed E-state index contributed by atoms with van der Waals surface area (Å²) in [7, 11) is -4.19. The Labute approximate surface area is 153 Å². The number of alkyl halides is 3. The monoisotopic (exact) mass is 402 g/mol. The number of nitrogens with two attached hydrogens (primary N) is 1. The maximum absolute atomic E-state index is 13.1. The fourth-order valence-corrected chi connectivity index (χ4v) is 4.59. The summed E-state index contributed by atoms with van der Waals surface area (Å²) < 4.78 is 51.7. The van der Waals surface area contributed by atoms with Gasteiger partial charge in [0.25, 0.3) is 0 Å². The summed E-state index contributed by atoms with van der Waals surface area (Å²) >= 11 is 0. The van der Waals surface area contributed by atoms with Gasteiger partial charge in [0.2, 0.25) is 7.37 Å². The SMILES string of the molecule is Nc1ccc(CC(CP(=O)(O)Cc2ccccc2C(F)(F)F)C(=O)O)cn1. The molecule has 0 amide bonds. The Morgan fingerprint density at radius 3 is 2.44 bits per heavy atom. The van der Waals surface area contributed by atoms with Crippen LogP contribution in [0.25, 0.3) is 0 Å². The molecule has 27 heavy (non-hydrogen) atoms. The van der Waals surface area contributed by atoms with E-state index in [4.69, 9.17) is 5.73 Å². The Bertz CT molecular complexity index is 856. The molecule has 0 radical (unpaired) electrons. The van der Waals surface area contributed by atoms with E-state index in [0.29, 0.717) is 5.56 Å². The third-order valence-corrected chi connectivity index (χ3v) is 5.77. The summed E-state index contributed by atoms with van der Waals surface area (Å²) in [6.07, 6.45) is -4.82. The summed E-state index contributed by atoms with van der Waals surface area (Å²) in [5.41, 5.74) is 4.60. The molecule has 0 saturated carbocycles. The predicted molar refractivity (Wildman–Crippen MR) is 93.3 cm³/mol. The van der Waals surface area contributed by atoms with Crippen molar-refractivity contribution >= 4 is 19.2 Å². The summed E-state index contributed by atoms with van der Waals surface area (Å²) in [5.74, 6) is -2.32. The molecule has 2 unspecified atom stereocenters. The van der Waals surface area contributed by atoms with Gasteiger partial charge in [-0.25, -0.2) is 4.98 Å². The van der Waals surface area contributed by atoms with Crippen LogP contribution in [0.4, 0.5) is 19.0 Å². The largest absolute Gasteiger partial charge is 0.481 e. The molecule has 0 fully saturated rings. The highest BCUT2D eigenvalue weighted by Crippen LogP contribution is 2.48. The zero-order chi connectivity index (χ0) is 20.2. The van der Waals surface area contributed by atoms with Crippen LogP contribution in [0.3, 0.4) is 0 Å². The van der Waals surface area contributed by atoms with Gasteiger partial charge in [-0.15, -0.1) is 0 Å². The van der Waals surface area contributed by atoms with Gasteiger partial charge in [-0.2, -0.15) is 13.2 Å². The van der Waals surface area contributed by atoms with E-state index in [0.717, 1.165) is 12.1 Å². The fourth-order valence-electron chi connectivity index (χ4n) is 2.68. The van der Waals surface area contributed by atoms with Gasteiger partial charge in [-0.05, 0) is 29.7 Å². The van der Waals surface area contributed by atoms with E-state index in [2.05, 4.69) is 4.98 Å². The Balaban J connectivity index is 2.19. The Kier molecular flexibility index (Phi) is 6.28. The summed E-state index contributed by atoms with van der Waals surface area (Å²) in [6, 6.07) is 7.46. The van der Waals surface area contributed by atoms with Crippen molar-refractivity contribution in [1.29, 1.82) is 0 Å². The maximum Gasteiger partial charge on any atom is 0.416 e. The Morgan fingerprint density at radius 1 is 1.22 bits per heavy atom. The average molecular weight is 402 g/mol. The predicted octanol–water partition coefficient (Wildman–Crippen LogP) is 3.40. The lowest BCUT2D eigenvalue weighted by Gasteiger charge is -2.19. The minimum atomic E-state index is -4.67. The van der Waals surface area contributed by atoms with Gasteiger partial charge in [0.1, 0.15) is 5.82 Å². The van der Waals surface area contributed by atoms with Gasteiger partial charge in [0, 0.05) is 12.4 Å². The minimum absolute atomic E-state index is 0.0892. The lowest BCUT2D eigenvalue weighted by molar-refractivity contribution is -0.141. The van der Waals surface area contributed by atoms with Crippen molar-refractivity contribution in [2.45, 2.75) is 18.8 Å². The lowest BCUT2D eigenvalue weighted by Crippen LogP contribution is -2.21. The molecule has 4 N–H and O–H groups in total. The van der Waals surface area contributed by atoms with Gasteiger partial charge in [0.05, 0.1) is 17.6 Å². The quantitative estimate of drug-likeness (QED) is 0.612. The topological polar surface area (TPSA) is 114 Å². The zero-order valence-corrected chi connectivity index (χ0v) is 15.0. The number of pyridine rings is 1. The first-order valence-electron chi connectivity index (χ1n) is 7.87. The number of halogens is 3. The van der Waals surface area contributed by atoms with Crippen LogP contribution in [0.2, 0.25) is 0 Å². The molecule has 0 spiro atoms. The Morgan fingerprint density at radius 2 is 1.89 bits per heavy atom. The van der Waals surface area contributed by atoms with Crippen molar-refractivity contribution < 1.29 is 32.5 Å². The molecule has 146 valence electrons. The first kappa shape index (κ1) is 20.9. The third kappa shape index (κ3) is 6.08. The van der Waals surface area contributed by atoms with Gasteiger partial charge >= 0.3 is 12.1 Å². The molecule has 2 aromatic rings. The van der Waals surface area contributed by atoms with E-state index in [1.807, 2.05) is 0 Å². The van der Waals surface area contributed by atoms with E-state index in [1.54, 1.807) is 6.07 Å². The highest BCUT2D eigenvalue weighted by molar-refractivity contribution is 7.57. The van der Waals surface area contributed by atoms with Crippen LogP contribution in [-0.4, -0.2) is 27.1 Å². The minimum Gasteiger partial charge on any atom is -0.481 e. The molecule has 2 rings (SSSR count). The molecular weight excluding hydrogens is 384 g/mol. The number of carboxylic acid groups (broad SMARTS) is 1. The molecule has 0 aliphatic heterocycles. The summed E-state index contributed by atoms with van der Waals surface area (Å²) in [5, 5.41) is 9.35. The highest BCUT2D eigenvalue weighted by atomic mass is 31.2. The number of aliphatic carboxylic acids is 1. The van der Waals surface area contributed by atoms with Crippen LogP contribution >= 0.6 is 7.37 Å². The second-order valence-electron chi connectivity index (χ2n) is 6.17. The number of hydrogen-bond donors (Lipinski definition) is 3. The smallest absolute Gasteiger partial charge is 0.416 e. The fraction of sp³-hybridized carbons (Fsp3) is 0.294. The summed E-state index contributed by atoms with van der Waals surface area (Å²) in [6.45, 7) is 0. The van der Waals surface area contributed by atoms with Crippen molar-refractivity contribution in [3.8, 4) is 0 Å². The van der Waals surface area contributed by atoms with Gasteiger partial charge in [-0.1, -0.05) is 24.3 Å². The standard InChI is InChI=1S/C17H18F3N2O4P/c18-17(19,20)14-4-2-1-3-12(14)9-27(25,26)10-13(16(23)24)7-11-5-6-15(21)22-8-11/h1-6,8,13H,7,9-10H2,(H2,21,22)(H,23,24)(H,25,26). The molecular formula is C17H18F3N2O4P. The van der Waals surface area contributed by atoms with E-state index in [9.17, 15) is 32.5 Å². The van der Waals surface area contributed by atoms with Crippen LogP contribution in [0.1, 0.15) is 16.7 Å². The molecule has 2 atom stereocenters. The van der Waals surface area contributed by atoms with Crippen LogP contribution in [0.15, 0.2) is 42.6 Å². The number of carbonyl (C=O) groups is 1. The van der Waals surface area contributed by atoms with Gasteiger partial charge in [-0.3, -0.25) is 9.36 Å². The number of benzene rings is 1. The number of nitrogens with zero attached hydrogens (tertiary/aromatic N) is 1. The van der Waals surface area contributed by atoms with Crippen molar-refractivity contribution in [2.24, 2.45) is 5.92 Å². The molecule has 1 aromatic heterocycles. The second-order valence-corrected chi connectivity index (χ2v) is 8.55. The molecule has 1 aromatic carbocycles. The van der Waals surface area contributed by atoms with Crippen LogP contribution in [0, 0.1) is 5.92 Å². The zero-order valence-electron chi connectivity index (χ0n) is 14.1. The molecule has 6 nitrogen and oxygen atoms in total. The number of anilines is 1. The molecule has 0 aliphatic carbocycles. The van der Waals surface area contributed by atoms with Gasteiger partial charge in [0.15, 0.2) is 0 Å². The first-order chi connectivity index (χ1) is 12.5.